The molecule has 1 aromatic carbocycles. The molecule has 6 nitrogen and oxygen atoms in total. The Kier molecular flexibility index (Phi) is 3.30. The lowest BCUT2D eigenvalue weighted by molar-refractivity contribution is 0.0682. The minimum absolute atomic E-state index is 0.00690. The third-order valence-electron chi connectivity index (χ3n) is 3.18. The molecule has 7 heteroatoms. The van der Waals surface area contributed by atoms with Gasteiger partial charge >= 0.3 is 11.9 Å². The number of hydrogen-bond donors (Lipinski definition) is 2. The number of carboxylic acid groups (broad SMARTS) is 2. The Hall–Kier alpha value is -2.86. The molecule has 0 aliphatic heterocycles. The second kappa shape index (κ2) is 5.16. The topological polar surface area (TPSA) is 91.9 Å². The van der Waals surface area contributed by atoms with Crippen LogP contribution in [0.3, 0.4) is 0 Å². The number of aromatic nitrogens is 2. The van der Waals surface area contributed by atoms with Gasteiger partial charge in [0.05, 0.1) is 11.1 Å². The van der Waals surface area contributed by atoms with E-state index in [0.717, 1.165) is 0 Å². The minimum Gasteiger partial charge on any atom is -0.478 e. The van der Waals surface area contributed by atoms with E-state index < -0.39 is 11.9 Å². The van der Waals surface area contributed by atoms with Gasteiger partial charge in [0.25, 0.3) is 0 Å². The molecule has 0 spiro atoms. The number of carboxylic acids is 2. The summed E-state index contributed by atoms with van der Waals surface area (Å²) in [5.41, 5.74) is 0.631. The molecule has 3 aromatic rings. The van der Waals surface area contributed by atoms with Crippen LogP contribution in [-0.2, 0) is 0 Å². The van der Waals surface area contributed by atoms with Crippen molar-refractivity contribution in [2.75, 3.05) is 0 Å². The first-order valence-corrected chi connectivity index (χ1v) is 6.60. The average Bonchev–Trinajstić information content (AvgIpc) is 2.86. The number of rotatable bonds is 3. The van der Waals surface area contributed by atoms with Crippen LogP contribution >= 0.6 is 11.6 Å². The van der Waals surface area contributed by atoms with E-state index in [1.54, 1.807) is 24.3 Å². The standard InChI is InChI=1S/C15H9ClN2O4/c16-10-3-1-2-8(6-10)13-17-12(15(21)22)11-7-9(14(19)20)4-5-18(11)13/h1-7H,(H,19,20)(H,21,22). The van der Waals surface area contributed by atoms with Crippen LogP contribution in [0.4, 0.5) is 0 Å². The minimum atomic E-state index is -1.23. The third kappa shape index (κ3) is 2.29. The maximum Gasteiger partial charge on any atom is 0.356 e. The van der Waals surface area contributed by atoms with E-state index >= 15 is 0 Å². The van der Waals surface area contributed by atoms with Gasteiger partial charge in [0.15, 0.2) is 5.69 Å². The smallest absolute Gasteiger partial charge is 0.356 e. The van der Waals surface area contributed by atoms with E-state index in [-0.39, 0.29) is 16.8 Å². The molecular weight excluding hydrogens is 308 g/mol. The monoisotopic (exact) mass is 316 g/mol. The highest BCUT2D eigenvalue weighted by molar-refractivity contribution is 6.30. The maximum absolute atomic E-state index is 11.4. The number of imidazole rings is 1. The summed E-state index contributed by atoms with van der Waals surface area (Å²) in [5.74, 6) is -1.98. The van der Waals surface area contributed by atoms with E-state index in [0.29, 0.717) is 16.4 Å². The van der Waals surface area contributed by atoms with Gasteiger partial charge in [0, 0.05) is 16.8 Å². The van der Waals surface area contributed by atoms with Crippen LogP contribution in [0.1, 0.15) is 20.8 Å². The molecule has 22 heavy (non-hydrogen) atoms. The number of pyridine rings is 1. The first-order valence-electron chi connectivity index (χ1n) is 6.22. The van der Waals surface area contributed by atoms with Crippen LogP contribution in [0.5, 0.6) is 0 Å². The molecule has 0 aliphatic rings. The predicted molar refractivity (Wildman–Crippen MR) is 79.6 cm³/mol. The Bertz CT molecular complexity index is 917. The molecule has 110 valence electrons. The number of nitrogens with zero attached hydrogens (tertiary/aromatic N) is 2. The van der Waals surface area contributed by atoms with Crippen molar-refractivity contribution >= 4 is 29.1 Å². The van der Waals surface area contributed by atoms with Gasteiger partial charge < -0.3 is 10.2 Å². The normalized spacial score (nSPS) is 10.8. The second-order valence-electron chi connectivity index (χ2n) is 4.58. The quantitative estimate of drug-likeness (QED) is 0.774. The predicted octanol–water partition coefficient (Wildman–Crippen LogP) is 3.05. The van der Waals surface area contributed by atoms with Gasteiger partial charge in [-0.15, -0.1) is 0 Å². The lowest BCUT2D eigenvalue weighted by atomic mass is 10.2. The first kappa shape index (κ1) is 14.1. The summed E-state index contributed by atoms with van der Waals surface area (Å²) in [6.45, 7) is 0. The highest BCUT2D eigenvalue weighted by Gasteiger charge is 2.19. The molecule has 3 rings (SSSR count). The molecule has 0 amide bonds. The molecule has 0 atom stereocenters. The van der Waals surface area contributed by atoms with Gasteiger partial charge in [0.2, 0.25) is 0 Å². The molecule has 0 bridgehead atoms. The van der Waals surface area contributed by atoms with Gasteiger partial charge in [-0.05, 0) is 24.3 Å². The summed E-state index contributed by atoms with van der Waals surface area (Å²) in [4.78, 5) is 26.5. The van der Waals surface area contributed by atoms with Gasteiger partial charge in [-0.25, -0.2) is 14.6 Å². The molecule has 2 N–H and O–H groups in total. The first-order chi connectivity index (χ1) is 10.5. The molecule has 0 fully saturated rings. The van der Waals surface area contributed by atoms with Crippen molar-refractivity contribution in [3.63, 3.8) is 0 Å². The van der Waals surface area contributed by atoms with Crippen molar-refractivity contribution in [2.24, 2.45) is 0 Å². The molecule has 0 saturated heterocycles. The van der Waals surface area contributed by atoms with Crippen molar-refractivity contribution < 1.29 is 19.8 Å². The van der Waals surface area contributed by atoms with Crippen LogP contribution in [-0.4, -0.2) is 31.5 Å². The molecule has 0 unspecified atom stereocenters. The Morgan fingerprint density at radius 3 is 2.50 bits per heavy atom. The zero-order valence-corrected chi connectivity index (χ0v) is 11.8. The van der Waals surface area contributed by atoms with E-state index in [4.69, 9.17) is 16.7 Å². The van der Waals surface area contributed by atoms with Crippen LogP contribution in [0.15, 0.2) is 42.6 Å². The van der Waals surface area contributed by atoms with E-state index in [9.17, 15) is 14.7 Å². The summed E-state index contributed by atoms with van der Waals surface area (Å²) in [6, 6.07) is 9.50. The fourth-order valence-electron chi connectivity index (χ4n) is 2.21. The molecule has 0 aliphatic carbocycles. The van der Waals surface area contributed by atoms with Crippen molar-refractivity contribution in [3.8, 4) is 11.4 Å². The fraction of sp³-hybridized carbons (Fsp3) is 0. The molecule has 2 aromatic heterocycles. The van der Waals surface area contributed by atoms with Crippen molar-refractivity contribution in [1.82, 2.24) is 9.38 Å². The summed E-state index contributed by atoms with van der Waals surface area (Å²) in [5, 5.41) is 18.8. The summed E-state index contributed by atoms with van der Waals surface area (Å²) >= 11 is 5.95. The second-order valence-corrected chi connectivity index (χ2v) is 5.01. The largest absolute Gasteiger partial charge is 0.478 e. The lowest BCUT2D eigenvalue weighted by Crippen LogP contribution is -2.00. The van der Waals surface area contributed by atoms with Crippen molar-refractivity contribution in [1.29, 1.82) is 0 Å². The zero-order valence-electron chi connectivity index (χ0n) is 11.0. The lowest BCUT2D eigenvalue weighted by Gasteiger charge is -2.02. The average molecular weight is 317 g/mol. The Labute approximate surface area is 129 Å². The molecule has 0 radical (unpaired) electrons. The van der Waals surface area contributed by atoms with Gasteiger partial charge in [-0.2, -0.15) is 0 Å². The Morgan fingerprint density at radius 1 is 1.09 bits per heavy atom. The highest BCUT2D eigenvalue weighted by Crippen LogP contribution is 2.25. The van der Waals surface area contributed by atoms with E-state index in [1.165, 1.54) is 22.7 Å². The number of carbonyl (C=O) groups is 2. The third-order valence-corrected chi connectivity index (χ3v) is 3.41. The maximum atomic E-state index is 11.4. The molecule has 0 saturated carbocycles. The Morgan fingerprint density at radius 2 is 1.86 bits per heavy atom. The summed E-state index contributed by atoms with van der Waals surface area (Å²) in [6.07, 6.45) is 1.48. The number of hydrogen-bond acceptors (Lipinski definition) is 3. The van der Waals surface area contributed by atoms with E-state index in [1.807, 2.05) is 0 Å². The van der Waals surface area contributed by atoms with Gasteiger partial charge in [-0.1, -0.05) is 23.7 Å². The van der Waals surface area contributed by atoms with Gasteiger partial charge in [0.1, 0.15) is 5.82 Å². The van der Waals surface area contributed by atoms with E-state index in [2.05, 4.69) is 4.98 Å². The number of fused-ring (bicyclic) bond motifs is 1. The number of halogens is 1. The van der Waals surface area contributed by atoms with Crippen molar-refractivity contribution in [2.45, 2.75) is 0 Å². The SMILES string of the molecule is O=C(O)c1ccn2c(-c3cccc(Cl)c3)nc(C(=O)O)c2c1. The van der Waals surface area contributed by atoms with Crippen LogP contribution in [0, 0.1) is 0 Å². The van der Waals surface area contributed by atoms with Crippen molar-refractivity contribution in [3.05, 3.63) is 58.9 Å². The number of benzene rings is 1. The zero-order chi connectivity index (χ0) is 15.9. The fourth-order valence-corrected chi connectivity index (χ4v) is 2.40. The van der Waals surface area contributed by atoms with Gasteiger partial charge in [-0.3, -0.25) is 4.40 Å². The van der Waals surface area contributed by atoms with Crippen LogP contribution < -0.4 is 0 Å². The number of aromatic carboxylic acids is 2. The summed E-state index contributed by atoms with van der Waals surface area (Å²) < 4.78 is 1.53. The molecule has 2 heterocycles. The Balaban J connectivity index is 2.32. The molecular formula is C15H9ClN2O4. The van der Waals surface area contributed by atoms with Crippen LogP contribution in [0.25, 0.3) is 16.9 Å². The highest BCUT2D eigenvalue weighted by atomic mass is 35.5. The summed E-state index contributed by atoms with van der Waals surface area (Å²) in [7, 11) is 0. The van der Waals surface area contributed by atoms with Crippen LogP contribution in [0.2, 0.25) is 5.02 Å².